The maximum Gasteiger partial charge on any atom is 0.261 e. The molecule has 0 aliphatic heterocycles. The summed E-state index contributed by atoms with van der Waals surface area (Å²) in [6.45, 7) is 0. The Morgan fingerprint density at radius 1 is 1.43 bits per heavy atom. The van der Waals surface area contributed by atoms with Gasteiger partial charge in [-0.1, -0.05) is 5.23 Å². The van der Waals surface area contributed by atoms with Crippen LogP contribution in [0.25, 0.3) is 0 Å². The van der Waals surface area contributed by atoms with E-state index in [9.17, 15) is 4.79 Å². The van der Waals surface area contributed by atoms with Gasteiger partial charge in [0.25, 0.3) is 6.41 Å². The number of nitrogens with zero attached hydrogens (tertiary/aromatic N) is 1. The van der Waals surface area contributed by atoms with Crippen LogP contribution in [0.2, 0.25) is 0 Å². The van der Waals surface area contributed by atoms with Crippen LogP contribution in [0.1, 0.15) is 0 Å². The minimum Gasteiger partial charge on any atom is -0.274 e. The van der Waals surface area contributed by atoms with Crippen molar-refractivity contribution in [3.63, 3.8) is 0 Å². The summed E-state index contributed by atoms with van der Waals surface area (Å²) < 4.78 is 0. The molecule has 0 atom stereocenters. The first-order chi connectivity index (χ1) is 3.35. The molecule has 0 heterocycles. The summed E-state index contributed by atoms with van der Waals surface area (Å²) in [7, 11) is 2.66. The standard InChI is InChI=1S/C3H7NO3/c1-6-4(3-5)7-2/h3H,1-2H3. The molecule has 0 spiro atoms. The molecule has 0 radical (unpaired) electrons. The second-order valence-corrected chi connectivity index (χ2v) is 0.756. The van der Waals surface area contributed by atoms with Crippen LogP contribution in [0.15, 0.2) is 0 Å². The van der Waals surface area contributed by atoms with Crippen molar-refractivity contribution in [1.82, 2.24) is 5.23 Å². The molecule has 0 aromatic rings. The third kappa shape index (κ3) is 2.13. The van der Waals surface area contributed by atoms with Crippen LogP contribution >= 0.6 is 0 Å². The molecule has 4 heteroatoms. The van der Waals surface area contributed by atoms with Gasteiger partial charge in [0.15, 0.2) is 0 Å². The third-order valence-corrected chi connectivity index (χ3v) is 0.446. The highest BCUT2D eigenvalue weighted by atomic mass is 16.9. The fraction of sp³-hybridized carbons (Fsp3) is 0.667. The molecule has 0 N–H and O–H groups in total. The molecule has 0 unspecified atom stereocenters. The van der Waals surface area contributed by atoms with E-state index < -0.39 is 0 Å². The second kappa shape index (κ2) is 3.58. The first kappa shape index (κ1) is 6.39. The number of carbonyl (C=O) groups is 1. The SMILES string of the molecule is CON(C=O)OC. The summed E-state index contributed by atoms with van der Waals surface area (Å²) >= 11 is 0. The molecule has 0 fully saturated rings. The largest absolute Gasteiger partial charge is 0.274 e. The zero-order valence-electron chi connectivity index (χ0n) is 4.25. The molecule has 0 aromatic carbocycles. The molecule has 7 heavy (non-hydrogen) atoms. The van der Waals surface area contributed by atoms with Crippen molar-refractivity contribution in [1.29, 1.82) is 0 Å². The highest BCUT2D eigenvalue weighted by molar-refractivity contribution is 5.42. The van der Waals surface area contributed by atoms with Gasteiger partial charge in [-0.15, -0.1) is 0 Å². The van der Waals surface area contributed by atoms with Gasteiger partial charge in [0.2, 0.25) is 0 Å². The van der Waals surface area contributed by atoms with E-state index in [1.54, 1.807) is 0 Å². The first-order valence-electron chi connectivity index (χ1n) is 1.68. The summed E-state index contributed by atoms with van der Waals surface area (Å²) in [5.41, 5.74) is 0. The maximum atomic E-state index is 9.64. The lowest BCUT2D eigenvalue weighted by atomic mass is 11.4. The van der Waals surface area contributed by atoms with E-state index in [-0.39, 0.29) is 0 Å². The summed E-state index contributed by atoms with van der Waals surface area (Å²) in [6.07, 6.45) is 0.417. The molecule has 1 amide bonds. The van der Waals surface area contributed by atoms with Crippen molar-refractivity contribution in [3.8, 4) is 0 Å². The van der Waals surface area contributed by atoms with Crippen molar-refractivity contribution >= 4 is 6.41 Å². The molecule has 0 bridgehead atoms. The lowest BCUT2D eigenvalue weighted by Gasteiger charge is -2.06. The summed E-state index contributed by atoms with van der Waals surface area (Å²) in [4.78, 5) is 18.2. The Kier molecular flexibility index (Phi) is 3.26. The number of hydrogen-bond donors (Lipinski definition) is 0. The molecule has 0 saturated carbocycles. The second-order valence-electron chi connectivity index (χ2n) is 0.756. The van der Waals surface area contributed by atoms with Gasteiger partial charge < -0.3 is 0 Å². The first-order valence-corrected chi connectivity index (χ1v) is 1.68. The Morgan fingerprint density at radius 2 is 1.86 bits per heavy atom. The van der Waals surface area contributed by atoms with E-state index in [0.29, 0.717) is 11.6 Å². The van der Waals surface area contributed by atoms with Gasteiger partial charge in [0.05, 0.1) is 14.2 Å². The Morgan fingerprint density at radius 3 is 1.86 bits per heavy atom. The average Bonchev–Trinajstić information content (AvgIpc) is 1.72. The number of carbonyl (C=O) groups excluding carboxylic acids is 1. The van der Waals surface area contributed by atoms with Crippen LogP contribution in [0.5, 0.6) is 0 Å². The van der Waals surface area contributed by atoms with Gasteiger partial charge >= 0.3 is 0 Å². The van der Waals surface area contributed by atoms with E-state index in [1.807, 2.05) is 0 Å². The number of hydrogen-bond acceptors (Lipinski definition) is 3. The monoisotopic (exact) mass is 105 g/mol. The Hall–Kier alpha value is -0.610. The summed E-state index contributed by atoms with van der Waals surface area (Å²) in [6, 6.07) is 0. The zero-order valence-corrected chi connectivity index (χ0v) is 4.25. The number of hydroxylamine groups is 2. The Labute approximate surface area is 41.5 Å². The van der Waals surface area contributed by atoms with Crippen molar-refractivity contribution in [3.05, 3.63) is 0 Å². The molecular weight excluding hydrogens is 98.0 g/mol. The highest BCUT2D eigenvalue weighted by Gasteiger charge is 1.89. The van der Waals surface area contributed by atoms with Crippen molar-refractivity contribution in [2.45, 2.75) is 0 Å². The molecule has 0 aromatic heterocycles. The van der Waals surface area contributed by atoms with Gasteiger partial charge in [-0.25, -0.2) is 9.68 Å². The smallest absolute Gasteiger partial charge is 0.261 e. The zero-order chi connectivity index (χ0) is 5.70. The minimum absolute atomic E-state index is 0.417. The van der Waals surface area contributed by atoms with Gasteiger partial charge in [-0.05, 0) is 0 Å². The summed E-state index contributed by atoms with van der Waals surface area (Å²) in [5, 5.41) is 0.694. The van der Waals surface area contributed by atoms with E-state index in [4.69, 9.17) is 0 Å². The molecule has 42 valence electrons. The van der Waals surface area contributed by atoms with Crippen molar-refractivity contribution in [2.75, 3.05) is 14.2 Å². The van der Waals surface area contributed by atoms with Crippen LogP contribution in [0.4, 0.5) is 0 Å². The Bertz CT molecular complexity index is 52.1. The van der Waals surface area contributed by atoms with E-state index in [1.165, 1.54) is 14.2 Å². The fourth-order valence-corrected chi connectivity index (χ4v) is 0.161. The van der Waals surface area contributed by atoms with Crippen LogP contribution < -0.4 is 0 Å². The molecular formula is C3H7NO3. The predicted octanol–water partition coefficient (Wildman–Crippen LogP) is -0.432. The minimum atomic E-state index is 0.417. The highest BCUT2D eigenvalue weighted by Crippen LogP contribution is 1.76. The van der Waals surface area contributed by atoms with Gasteiger partial charge in [-0.2, -0.15) is 0 Å². The molecule has 0 aliphatic rings. The van der Waals surface area contributed by atoms with Crippen LogP contribution in [-0.4, -0.2) is 25.9 Å². The lowest BCUT2D eigenvalue weighted by molar-refractivity contribution is -0.307. The predicted molar refractivity (Wildman–Crippen MR) is 21.9 cm³/mol. The average molecular weight is 105 g/mol. The molecule has 0 rings (SSSR count). The lowest BCUT2D eigenvalue weighted by Crippen LogP contribution is -2.17. The maximum absolute atomic E-state index is 9.64. The quantitative estimate of drug-likeness (QED) is 0.361. The van der Waals surface area contributed by atoms with E-state index >= 15 is 0 Å². The van der Waals surface area contributed by atoms with Crippen LogP contribution in [0, 0.1) is 0 Å². The van der Waals surface area contributed by atoms with E-state index in [0.717, 1.165) is 0 Å². The normalized spacial score (nSPS) is 8.29. The van der Waals surface area contributed by atoms with Crippen molar-refractivity contribution < 1.29 is 14.5 Å². The van der Waals surface area contributed by atoms with Crippen LogP contribution in [0.3, 0.4) is 0 Å². The van der Waals surface area contributed by atoms with E-state index in [2.05, 4.69) is 9.68 Å². The van der Waals surface area contributed by atoms with Gasteiger partial charge in [0.1, 0.15) is 0 Å². The van der Waals surface area contributed by atoms with Gasteiger partial charge in [0, 0.05) is 0 Å². The topological polar surface area (TPSA) is 38.8 Å². The molecule has 0 saturated heterocycles. The number of amides is 1. The fourth-order valence-electron chi connectivity index (χ4n) is 0.161. The Balaban J connectivity index is 3.16. The number of rotatable bonds is 3. The summed E-state index contributed by atoms with van der Waals surface area (Å²) in [5.74, 6) is 0. The van der Waals surface area contributed by atoms with Crippen molar-refractivity contribution in [2.24, 2.45) is 0 Å². The molecule has 4 nitrogen and oxygen atoms in total. The van der Waals surface area contributed by atoms with Crippen LogP contribution in [-0.2, 0) is 14.5 Å². The third-order valence-electron chi connectivity index (χ3n) is 0.446. The van der Waals surface area contributed by atoms with Gasteiger partial charge in [-0.3, -0.25) is 4.79 Å². The molecule has 0 aliphatic carbocycles.